The number of amides is 2. The summed E-state index contributed by atoms with van der Waals surface area (Å²) in [6, 6.07) is 0.612. The van der Waals surface area contributed by atoms with Crippen LogP contribution in [0.3, 0.4) is 0 Å². The van der Waals surface area contributed by atoms with Gasteiger partial charge in [0.1, 0.15) is 12.2 Å². The van der Waals surface area contributed by atoms with E-state index in [1.165, 1.54) is 19.2 Å². The first kappa shape index (κ1) is 16.9. The summed E-state index contributed by atoms with van der Waals surface area (Å²) in [5.74, 6) is 1.47. The standard InChI is InChI=1S/C16H26N6O2/c1-11(23)17-7-14-5-4-13(22(14)9-12-2-3-12)6-16(24)18-8-15-19-10-20-21-15/h10,12-14H,2-9H2,1H3,(H,17,23)(H,18,24)(H,19,20,21)/t13-,14+/m0/s1. The van der Waals surface area contributed by atoms with Gasteiger partial charge in [0, 0.05) is 38.5 Å². The molecule has 1 saturated heterocycles. The maximum atomic E-state index is 12.2. The van der Waals surface area contributed by atoms with Crippen LogP contribution >= 0.6 is 0 Å². The molecule has 2 aliphatic rings. The smallest absolute Gasteiger partial charge is 0.221 e. The molecule has 24 heavy (non-hydrogen) atoms. The first-order valence-electron chi connectivity index (χ1n) is 8.73. The van der Waals surface area contributed by atoms with Crippen molar-refractivity contribution in [1.82, 2.24) is 30.7 Å². The van der Waals surface area contributed by atoms with E-state index in [0.717, 1.165) is 25.3 Å². The number of carbonyl (C=O) groups is 2. The molecule has 8 nitrogen and oxygen atoms in total. The molecule has 8 heteroatoms. The second kappa shape index (κ2) is 7.74. The van der Waals surface area contributed by atoms with Gasteiger partial charge in [-0.15, -0.1) is 0 Å². The lowest BCUT2D eigenvalue weighted by Gasteiger charge is -2.30. The van der Waals surface area contributed by atoms with Gasteiger partial charge in [0.25, 0.3) is 0 Å². The summed E-state index contributed by atoms with van der Waals surface area (Å²) in [7, 11) is 0. The minimum Gasteiger partial charge on any atom is -0.355 e. The molecule has 0 aromatic carbocycles. The molecule has 2 atom stereocenters. The van der Waals surface area contributed by atoms with E-state index in [4.69, 9.17) is 0 Å². The van der Waals surface area contributed by atoms with Gasteiger partial charge in [-0.25, -0.2) is 4.98 Å². The zero-order valence-corrected chi connectivity index (χ0v) is 14.1. The maximum Gasteiger partial charge on any atom is 0.221 e. The van der Waals surface area contributed by atoms with E-state index in [1.807, 2.05) is 0 Å². The van der Waals surface area contributed by atoms with Gasteiger partial charge in [-0.3, -0.25) is 19.6 Å². The van der Waals surface area contributed by atoms with Gasteiger partial charge >= 0.3 is 0 Å². The van der Waals surface area contributed by atoms with Crippen molar-refractivity contribution in [2.45, 2.75) is 57.7 Å². The van der Waals surface area contributed by atoms with Gasteiger partial charge in [-0.1, -0.05) is 0 Å². The van der Waals surface area contributed by atoms with E-state index < -0.39 is 0 Å². The summed E-state index contributed by atoms with van der Waals surface area (Å²) in [4.78, 5) is 29.9. The fourth-order valence-corrected chi connectivity index (χ4v) is 3.40. The number of hydrogen-bond donors (Lipinski definition) is 3. The number of aromatic nitrogens is 3. The second-order valence-electron chi connectivity index (χ2n) is 6.88. The Bertz CT molecular complexity index is 557. The molecular weight excluding hydrogens is 308 g/mol. The lowest BCUT2D eigenvalue weighted by atomic mass is 10.1. The molecule has 3 rings (SSSR count). The van der Waals surface area contributed by atoms with Crippen LogP contribution in [0.1, 0.15) is 44.9 Å². The molecule has 132 valence electrons. The topological polar surface area (TPSA) is 103 Å². The Morgan fingerprint density at radius 2 is 2.04 bits per heavy atom. The number of nitrogens with zero attached hydrogens (tertiary/aromatic N) is 3. The van der Waals surface area contributed by atoms with Crippen LogP contribution in [-0.4, -0.2) is 57.1 Å². The molecule has 1 saturated carbocycles. The van der Waals surface area contributed by atoms with E-state index in [0.29, 0.717) is 31.4 Å². The van der Waals surface area contributed by atoms with Crippen LogP contribution in [0.4, 0.5) is 0 Å². The van der Waals surface area contributed by atoms with Crippen molar-refractivity contribution in [3.05, 3.63) is 12.2 Å². The minimum absolute atomic E-state index is 0.00891. The van der Waals surface area contributed by atoms with Gasteiger partial charge in [-0.05, 0) is 31.6 Å². The summed E-state index contributed by atoms with van der Waals surface area (Å²) in [6.07, 6.45) is 6.54. The number of hydrogen-bond acceptors (Lipinski definition) is 5. The van der Waals surface area contributed by atoms with Crippen molar-refractivity contribution in [2.24, 2.45) is 5.92 Å². The Labute approximate surface area is 141 Å². The predicted octanol–water partition coefficient (Wildman–Crippen LogP) is 0.190. The SMILES string of the molecule is CC(=O)NC[C@H]1CC[C@@H](CC(=O)NCc2ncn[nH]2)N1CC1CC1. The first-order chi connectivity index (χ1) is 11.6. The number of rotatable bonds is 8. The van der Waals surface area contributed by atoms with Crippen molar-refractivity contribution in [3.63, 3.8) is 0 Å². The van der Waals surface area contributed by atoms with Crippen LogP contribution in [0.15, 0.2) is 6.33 Å². The Morgan fingerprint density at radius 1 is 1.25 bits per heavy atom. The molecule has 2 amide bonds. The minimum atomic E-state index is 0.00891. The Balaban J connectivity index is 1.50. The van der Waals surface area contributed by atoms with Gasteiger partial charge in [0.15, 0.2) is 0 Å². The fourth-order valence-electron chi connectivity index (χ4n) is 3.40. The number of carbonyl (C=O) groups excluding carboxylic acids is 2. The molecule has 2 fully saturated rings. The van der Waals surface area contributed by atoms with Crippen LogP contribution in [0, 0.1) is 5.92 Å². The van der Waals surface area contributed by atoms with Gasteiger partial charge < -0.3 is 10.6 Å². The average Bonchev–Trinajstić information content (AvgIpc) is 3.06. The van der Waals surface area contributed by atoms with E-state index in [2.05, 4.69) is 30.7 Å². The highest BCUT2D eigenvalue weighted by Gasteiger charge is 2.37. The Hall–Kier alpha value is -1.96. The van der Waals surface area contributed by atoms with E-state index in [9.17, 15) is 9.59 Å². The second-order valence-corrected chi connectivity index (χ2v) is 6.88. The molecule has 0 spiro atoms. The number of H-pyrrole nitrogens is 1. The normalized spacial score (nSPS) is 24.0. The number of nitrogens with one attached hydrogen (secondary N) is 3. The molecule has 1 aliphatic carbocycles. The Morgan fingerprint density at radius 3 is 2.71 bits per heavy atom. The summed E-state index contributed by atoms with van der Waals surface area (Å²) in [5, 5.41) is 12.3. The van der Waals surface area contributed by atoms with Crippen LogP contribution in [0.5, 0.6) is 0 Å². The van der Waals surface area contributed by atoms with Crippen LogP contribution in [-0.2, 0) is 16.1 Å². The largest absolute Gasteiger partial charge is 0.355 e. The highest BCUT2D eigenvalue weighted by atomic mass is 16.2. The molecule has 0 radical (unpaired) electrons. The van der Waals surface area contributed by atoms with Crippen molar-refractivity contribution in [1.29, 1.82) is 0 Å². The van der Waals surface area contributed by atoms with Crippen LogP contribution < -0.4 is 10.6 Å². The van der Waals surface area contributed by atoms with E-state index >= 15 is 0 Å². The molecule has 1 aromatic heterocycles. The summed E-state index contributed by atoms with van der Waals surface area (Å²) in [5.41, 5.74) is 0. The maximum absolute atomic E-state index is 12.2. The monoisotopic (exact) mass is 334 g/mol. The highest BCUT2D eigenvalue weighted by molar-refractivity contribution is 5.76. The molecule has 2 heterocycles. The molecule has 1 aliphatic heterocycles. The molecule has 0 unspecified atom stereocenters. The number of likely N-dealkylation sites (tertiary alicyclic amines) is 1. The third-order valence-electron chi connectivity index (χ3n) is 4.86. The first-order valence-corrected chi connectivity index (χ1v) is 8.73. The third-order valence-corrected chi connectivity index (χ3v) is 4.86. The Kier molecular flexibility index (Phi) is 5.44. The van der Waals surface area contributed by atoms with Crippen molar-refractivity contribution in [3.8, 4) is 0 Å². The summed E-state index contributed by atoms with van der Waals surface area (Å²) in [6.45, 7) is 3.65. The van der Waals surface area contributed by atoms with Crippen LogP contribution in [0.2, 0.25) is 0 Å². The molecule has 0 bridgehead atoms. The zero-order chi connectivity index (χ0) is 16.9. The molecular formula is C16H26N6O2. The van der Waals surface area contributed by atoms with E-state index in [1.54, 1.807) is 6.92 Å². The zero-order valence-electron chi connectivity index (χ0n) is 14.1. The van der Waals surface area contributed by atoms with Gasteiger partial charge in [0.2, 0.25) is 11.8 Å². The third kappa shape index (κ3) is 4.77. The van der Waals surface area contributed by atoms with Crippen molar-refractivity contribution < 1.29 is 9.59 Å². The van der Waals surface area contributed by atoms with Gasteiger partial charge in [0.05, 0.1) is 6.54 Å². The summed E-state index contributed by atoms with van der Waals surface area (Å²) >= 11 is 0. The number of aromatic amines is 1. The lowest BCUT2D eigenvalue weighted by molar-refractivity contribution is -0.123. The van der Waals surface area contributed by atoms with Gasteiger partial charge in [-0.2, -0.15) is 5.10 Å². The quantitative estimate of drug-likeness (QED) is 0.630. The van der Waals surface area contributed by atoms with Crippen molar-refractivity contribution in [2.75, 3.05) is 13.1 Å². The van der Waals surface area contributed by atoms with Crippen molar-refractivity contribution >= 4 is 11.8 Å². The highest BCUT2D eigenvalue weighted by Crippen LogP contribution is 2.35. The lowest BCUT2D eigenvalue weighted by Crippen LogP contribution is -2.45. The van der Waals surface area contributed by atoms with Crippen LogP contribution in [0.25, 0.3) is 0 Å². The molecule has 3 N–H and O–H groups in total. The summed E-state index contributed by atoms with van der Waals surface area (Å²) < 4.78 is 0. The van der Waals surface area contributed by atoms with E-state index in [-0.39, 0.29) is 17.9 Å². The average molecular weight is 334 g/mol. The fraction of sp³-hybridized carbons (Fsp3) is 0.750. The predicted molar refractivity (Wildman–Crippen MR) is 87.8 cm³/mol. The molecule has 1 aromatic rings.